The first-order valence-electron chi connectivity index (χ1n) is 10.9. The molecule has 3 aromatic rings. The predicted molar refractivity (Wildman–Crippen MR) is 131 cm³/mol. The highest BCUT2D eigenvalue weighted by Crippen LogP contribution is 2.36. The van der Waals surface area contributed by atoms with Crippen LogP contribution in [0.3, 0.4) is 0 Å². The number of nitrogens with zero attached hydrogens (tertiary/aromatic N) is 2. The van der Waals surface area contributed by atoms with Crippen molar-refractivity contribution in [2.45, 2.75) is 49.9 Å². The highest BCUT2D eigenvalue weighted by atomic mass is 32.2. The molecule has 2 aromatic heterocycles. The second-order valence-corrected chi connectivity index (χ2v) is 10.1. The summed E-state index contributed by atoms with van der Waals surface area (Å²) in [5.41, 5.74) is 1.57. The Morgan fingerprint density at radius 1 is 1.30 bits per heavy atom. The summed E-state index contributed by atoms with van der Waals surface area (Å²) in [4.78, 5) is 44.9. The van der Waals surface area contributed by atoms with Gasteiger partial charge in [0.25, 0.3) is 5.56 Å². The fourth-order valence-electron chi connectivity index (χ4n) is 3.87. The van der Waals surface area contributed by atoms with E-state index in [0.717, 1.165) is 43.0 Å². The number of aryl methyl sites for hydroxylation is 2. The number of imide groups is 1. The summed E-state index contributed by atoms with van der Waals surface area (Å²) >= 11 is 2.71. The number of aromatic nitrogens is 2. The molecule has 1 aromatic carbocycles. The standard InChI is InChI=1S/C23H26N4O4S2/c1-4-24-22(30)25-19(28)13(2)32-23-26-20-18(16-10-5-6-11-17(16)33-20)21(29)27(23)14-8-7-9-15(12-14)31-3/h7-9,12-13H,4-6,10-11H2,1-3H3,(H2,24,25,28,30). The first kappa shape index (κ1) is 23.3. The fourth-order valence-corrected chi connectivity index (χ4v) is 6.10. The van der Waals surface area contributed by atoms with Gasteiger partial charge in [0, 0.05) is 17.5 Å². The molecule has 0 spiro atoms. The third kappa shape index (κ3) is 4.77. The number of hydrogen-bond donors (Lipinski definition) is 2. The Balaban J connectivity index is 1.81. The molecule has 0 radical (unpaired) electrons. The molecule has 2 heterocycles. The number of carbonyl (C=O) groups is 2. The van der Waals surface area contributed by atoms with Crippen molar-refractivity contribution >= 4 is 45.3 Å². The minimum atomic E-state index is -0.650. The second-order valence-electron chi connectivity index (χ2n) is 7.74. The number of thiophene rings is 1. The Bertz CT molecular complexity index is 1270. The van der Waals surface area contributed by atoms with Crippen LogP contribution >= 0.6 is 23.1 Å². The number of amides is 3. The number of nitrogens with one attached hydrogen (secondary N) is 2. The van der Waals surface area contributed by atoms with Gasteiger partial charge in [-0.25, -0.2) is 9.78 Å². The van der Waals surface area contributed by atoms with Gasteiger partial charge in [-0.2, -0.15) is 0 Å². The van der Waals surface area contributed by atoms with Crippen molar-refractivity contribution in [2.24, 2.45) is 0 Å². The van der Waals surface area contributed by atoms with Crippen molar-refractivity contribution in [3.8, 4) is 11.4 Å². The van der Waals surface area contributed by atoms with Crippen LogP contribution in [0.25, 0.3) is 15.9 Å². The molecule has 1 aliphatic rings. The minimum absolute atomic E-state index is 0.147. The van der Waals surface area contributed by atoms with Gasteiger partial charge in [0.05, 0.1) is 23.4 Å². The lowest BCUT2D eigenvalue weighted by molar-refractivity contribution is -0.119. The molecular formula is C23H26N4O4S2. The summed E-state index contributed by atoms with van der Waals surface area (Å²) in [6.07, 6.45) is 4.01. The average Bonchev–Trinajstić information content (AvgIpc) is 3.17. The Morgan fingerprint density at radius 3 is 2.85 bits per heavy atom. The van der Waals surface area contributed by atoms with Gasteiger partial charge < -0.3 is 10.1 Å². The van der Waals surface area contributed by atoms with E-state index in [4.69, 9.17) is 9.72 Å². The summed E-state index contributed by atoms with van der Waals surface area (Å²) in [5.74, 6) is 0.160. The van der Waals surface area contributed by atoms with E-state index in [2.05, 4.69) is 10.6 Å². The normalized spacial score (nSPS) is 13.9. The first-order valence-corrected chi connectivity index (χ1v) is 12.6. The number of hydrogen-bond acceptors (Lipinski definition) is 7. The molecular weight excluding hydrogens is 460 g/mol. The SMILES string of the molecule is CCNC(=O)NC(=O)C(C)Sc1nc2sc3c(c2c(=O)n1-c1cccc(OC)c1)CCCC3. The molecule has 0 fully saturated rings. The highest BCUT2D eigenvalue weighted by Gasteiger charge is 2.25. The third-order valence-corrected chi connectivity index (χ3v) is 7.73. The monoisotopic (exact) mass is 486 g/mol. The predicted octanol–water partition coefficient (Wildman–Crippen LogP) is 3.66. The summed E-state index contributed by atoms with van der Waals surface area (Å²) in [7, 11) is 1.57. The Kier molecular flexibility index (Phi) is 7.04. The quantitative estimate of drug-likeness (QED) is 0.407. The maximum Gasteiger partial charge on any atom is 0.321 e. The zero-order valence-corrected chi connectivity index (χ0v) is 20.4. The molecule has 3 amide bonds. The van der Waals surface area contributed by atoms with Crippen LogP contribution in [0.4, 0.5) is 4.79 Å². The van der Waals surface area contributed by atoms with Crippen LogP contribution in [-0.2, 0) is 17.6 Å². The molecule has 0 saturated carbocycles. The van der Waals surface area contributed by atoms with Crippen LogP contribution in [0.1, 0.15) is 37.1 Å². The topological polar surface area (TPSA) is 102 Å². The number of ether oxygens (including phenoxy) is 1. The number of rotatable bonds is 6. The third-order valence-electron chi connectivity index (χ3n) is 5.50. The van der Waals surface area contributed by atoms with Crippen LogP contribution in [0.2, 0.25) is 0 Å². The van der Waals surface area contributed by atoms with E-state index in [-0.39, 0.29) is 5.56 Å². The lowest BCUT2D eigenvalue weighted by Gasteiger charge is -2.16. The largest absolute Gasteiger partial charge is 0.497 e. The second kappa shape index (κ2) is 9.96. The van der Waals surface area contributed by atoms with Crippen LogP contribution in [0.5, 0.6) is 5.75 Å². The fraction of sp³-hybridized carbons (Fsp3) is 0.391. The van der Waals surface area contributed by atoms with E-state index in [1.165, 1.54) is 4.88 Å². The van der Waals surface area contributed by atoms with Gasteiger partial charge in [0.15, 0.2) is 5.16 Å². The molecule has 1 aliphatic carbocycles. The minimum Gasteiger partial charge on any atom is -0.497 e. The van der Waals surface area contributed by atoms with E-state index in [0.29, 0.717) is 33.4 Å². The smallest absolute Gasteiger partial charge is 0.321 e. The van der Waals surface area contributed by atoms with E-state index in [9.17, 15) is 14.4 Å². The lowest BCUT2D eigenvalue weighted by atomic mass is 9.97. The number of carbonyl (C=O) groups excluding carboxylic acids is 2. The van der Waals surface area contributed by atoms with Gasteiger partial charge in [-0.05, 0) is 57.2 Å². The van der Waals surface area contributed by atoms with Crippen molar-refractivity contribution < 1.29 is 14.3 Å². The van der Waals surface area contributed by atoms with Crippen LogP contribution in [-0.4, -0.2) is 40.4 Å². The van der Waals surface area contributed by atoms with Gasteiger partial charge in [-0.3, -0.25) is 19.5 Å². The van der Waals surface area contributed by atoms with Crippen LogP contribution in [0, 0.1) is 0 Å². The van der Waals surface area contributed by atoms with Gasteiger partial charge >= 0.3 is 6.03 Å². The van der Waals surface area contributed by atoms with Crippen molar-refractivity contribution in [3.05, 3.63) is 45.1 Å². The molecule has 0 saturated heterocycles. The Hall–Kier alpha value is -2.85. The van der Waals surface area contributed by atoms with E-state index < -0.39 is 17.2 Å². The van der Waals surface area contributed by atoms with E-state index >= 15 is 0 Å². The zero-order valence-electron chi connectivity index (χ0n) is 18.8. The zero-order chi connectivity index (χ0) is 23.5. The molecule has 0 bridgehead atoms. The van der Waals surface area contributed by atoms with Crippen molar-refractivity contribution in [3.63, 3.8) is 0 Å². The van der Waals surface area contributed by atoms with Gasteiger partial charge in [0.2, 0.25) is 5.91 Å². The highest BCUT2D eigenvalue weighted by molar-refractivity contribution is 8.00. The Morgan fingerprint density at radius 2 is 2.09 bits per heavy atom. The van der Waals surface area contributed by atoms with E-state index in [1.807, 2.05) is 18.2 Å². The number of methoxy groups -OCH3 is 1. The molecule has 1 atom stereocenters. The number of thioether (sulfide) groups is 1. The van der Waals surface area contributed by atoms with Crippen LogP contribution < -0.4 is 20.9 Å². The van der Waals surface area contributed by atoms with Crippen molar-refractivity contribution in [2.75, 3.05) is 13.7 Å². The number of benzene rings is 1. The Labute approximate surface area is 199 Å². The maximum absolute atomic E-state index is 13.8. The first-order chi connectivity index (χ1) is 15.9. The molecule has 2 N–H and O–H groups in total. The molecule has 1 unspecified atom stereocenters. The average molecular weight is 487 g/mol. The summed E-state index contributed by atoms with van der Waals surface area (Å²) in [6.45, 7) is 3.87. The molecule has 0 aliphatic heterocycles. The van der Waals surface area contributed by atoms with Crippen molar-refractivity contribution in [1.29, 1.82) is 0 Å². The molecule has 4 rings (SSSR count). The molecule has 33 heavy (non-hydrogen) atoms. The van der Waals surface area contributed by atoms with Gasteiger partial charge in [-0.15, -0.1) is 11.3 Å². The summed E-state index contributed by atoms with van der Waals surface area (Å²) < 4.78 is 6.90. The number of fused-ring (bicyclic) bond motifs is 3. The molecule has 8 nitrogen and oxygen atoms in total. The summed E-state index contributed by atoms with van der Waals surface area (Å²) in [5, 5.41) is 5.29. The van der Waals surface area contributed by atoms with Crippen molar-refractivity contribution in [1.82, 2.24) is 20.2 Å². The summed E-state index contributed by atoms with van der Waals surface area (Å²) in [6, 6.07) is 6.67. The molecule has 174 valence electrons. The number of urea groups is 1. The molecule has 10 heteroatoms. The maximum atomic E-state index is 13.8. The van der Waals surface area contributed by atoms with Gasteiger partial charge in [-0.1, -0.05) is 17.8 Å². The van der Waals surface area contributed by atoms with E-state index in [1.54, 1.807) is 42.9 Å². The van der Waals surface area contributed by atoms with Gasteiger partial charge in [0.1, 0.15) is 10.6 Å². The van der Waals surface area contributed by atoms with Crippen LogP contribution in [0.15, 0.2) is 34.2 Å². The lowest BCUT2D eigenvalue weighted by Crippen LogP contribution is -2.42.